The van der Waals surface area contributed by atoms with E-state index in [1.807, 2.05) is 0 Å². The number of nitrogens with one attached hydrogen (secondary N) is 1. The molecule has 2 unspecified atom stereocenters. The average molecular weight is 306 g/mol. The van der Waals surface area contributed by atoms with Crippen molar-refractivity contribution < 1.29 is 0 Å². The van der Waals surface area contributed by atoms with E-state index in [-0.39, 0.29) is 0 Å². The van der Waals surface area contributed by atoms with Gasteiger partial charge in [0.05, 0.1) is 0 Å². The fourth-order valence-corrected chi connectivity index (χ4v) is 4.17. The van der Waals surface area contributed by atoms with Crippen molar-refractivity contribution in [3.05, 3.63) is 11.9 Å². The van der Waals surface area contributed by atoms with Gasteiger partial charge in [-0.05, 0) is 19.3 Å². The van der Waals surface area contributed by atoms with Crippen LogP contribution in [0.2, 0.25) is 0 Å². The van der Waals surface area contributed by atoms with Gasteiger partial charge in [-0.25, -0.2) is 9.97 Å². The minimum Gasteiger partial charge on any atom is -0.370 e. The van der Waals surface area contributed by atoms with Crippen molar-refractivity contribution in [2.24, 2.45) is 0 Å². The molecule has 0 aromatic carbocycles. The third-order valence-corrected chi connectivity index (χ3v) is 5.20. The van der Waals surface area contributed by atoms with E-state index >= 15 is 0 Å². The van der Waals surface area contributed by atoms with E-state index in [0.717, 1.165) is 43.5 Å². The highest BCUT2D eigenvalue weighted by atomic mass is 32.2. The highest BCUT2D eigenvalue weighted by Crippen LogP contribution is 2.39. The largest absolute Gasteiger partial charge is 0.370 e. The van der Waals surface area contributed by atoms with Crippen LogP contribution in [0.15, 0.2) is 6.07 Å². The molecule has 1 aromatic rings. The summed E-state index contributed by atoms with van der Waals surface area (Å²) in [5.41, 5.74) is 0. The number of hydrogen-bond donors (Lipinski definition) is 1. The zero-order chi connectivity index (χ0) is 14.8. The molecule has 2 fully saturated rings. The van der Waals surface area contributed by atoms with Crippen molar-refractivity contribution in [1.29, 1.82) is 0 Å². The summed E-state index contributed by atoms with van der Waals surface area (Å²) >= 11 is 2.08. The van der Waals surface area contributed by atoms with Crippen molar-refractivity contribution in [3.8, 4) is 0 Å². The predicted octanol–water partition coefficient (Wildman–Crippen LogP) is 3.51. The topological polar surface area (TPSA) is 41.0 Å². The summed E-state index contributed by atoms with van der Waals surface area (Å²) in [6.07, 6.45) is 3.62. The Kier molecular flexibility index (Phi) is 4.57. The van der Waals surface area contributed by atoms with Crippen LogP contribution in [0.3, 0.4) is 0 Å². The summed E-state index contributed by atoms with van der Waals surface area (Å²) in [5.74, 6) is 3.76. The van der Waals surface area contributed by atoms with E-state index in [1.165, 1.54) is 12.8 Å². The Bertz CT molecular complexity index is 479. The maximum atomic E-state index is 4.86. The first-order valence-corrected chi connectivity index (χ1v) is 9.13. The Balaban J connectivity index is 1.83. The lowest BCUT2D eigenvalue weighted by Gasteiger charge is -2.35. The number of thioether (sulfide) groups is 1. The van der Waals surface area contributed by atoms with Crippen LogP contribution in [0.25, 0.3) is 0 Å². The fraction of sp³-hybridized carbons (Fsp3) is 0.750. The molecule has 2 aliphatic rings. The van der Waals surface area contributed by atoms with Gasteiger partial charge in [0.1, 0.15) is 17.5 Å². The van der Waals surface area contributed by atoms with Crippen LogP contribution in [0.1, 0.15) is 51.8 Å². The molecule has 116 valence electrons. The summed E-state index contributed by atoms with van der Waals surface area (Å²) < 4.78 is 0. The predicted molar refractivity (Wildman–Crippen MR) is 91.5 cm³/mol. The molecule has 21 heavy (non-hydrogen) atoms. The molecule has 0 spiro atoms. The Morgan fingerprint density at radius 2 is 1.95 bits per heavy atom. The van der Waals surface area contributed by atoms with Gasteiger partial charge in [0.25, 0.3) is 0 Å². The summed E-state index contributed by atoms with van der Waals surface area (Å²) in [6.45, 7) is 9.96. The van der Waals surface area contributed by atoms with E-state index in [2.05, 4.69) is 48.8 Å². The number of aromatic nitrogens is 2. The van der Waals surface area contributed by atoms with E-state index in [0.29, 0.717) is 16.4 Å². The molecular formula is C16H26N4S. The summed E-state index contributed by atoms with van der Waals surface area (Å²) in [7, 11) is 0. The normalized spacial score (nSPS) is 26.0. The SMILES string of the molecule is CCCNc1cc(N2CC(C)SC(C)C2)nc(C2CC2)n1. The molecule has 1 aliphatic carbocycles. The highest BCUT2D eigenvalue weighted by molar-refractivity contribution is 8.00. The molecule has 1 saturated carbocycles. The first kappa shape index (κ1) is 14.9. The lowest BCUT2D eigenvalue weighted by Crippen LogP contribution is -2.41. The minimum atomic E-state index is 0.598. The Labute approximate surface area is 132 Å². The second-order valence-electron chi connectivity index (χ2n) is 6.33. The number of rotatable bonds is 5. The molecular weight excluding hydrogens is 280 g/mol. The molecule has 1 aromatic heterocycles. The molecule has 0 amide bonds. The van der Waals surface area contributed by atoms with Gasteiger partial charge in [0.2, 0.25) is 0 Å². The van der Waals surface area contributed by atoms with Gasteiger partial charge in [-0.1, -0.05) is 20.8 Å². The zero-order valence-corrected chi connectivity index (χ0v) is 14.1. The van der Waals surface area contributed by atoms with E-state index in [4.69, 9.17) is 9.97 Å². The molecule has 1 aliphatic heterocycles. The third kappa shape index (κ3) is 3.82. The van der Waals surface area contributed by atoms with Crippen LogP contribution < -0.4 is 10.2 Å². The molecule has 5 heteroatoms. The standard InChI is InChI=1S/C16H26N4S/c1-4-7-17-14-8-15(19-16(18-14)13-5-6-13)20-9-11(2)21-12(3)10-20/h8,11-13H,4-7,9-10H2,1-3H3,(H,17,18,19). The summed E-state index contributed by atoms with van der Waals surface area (Å²) in [6, 6.07) is 2.14. The maximum Gasteiger partial charge on any atom is 0.136 e. The van der Waals surface area contributed by atoms with Gasteiger partial charge in [-0.15, -0.1) is 0 Å². The second-order valence-corrected chi connectivity index (χ2v) is 8.21. The van der Waals surface area contributed by atoms with Crippen LogP contribution in [0.5, 0.6) is 0 Å². The van der Waals surface area contributed by atoms with E-state index < -0.39 is 0 Å². The van der Waals surface area contributed by atoms with Gasteiger partial charge in [0.15, 0.2) is 0 Å². The monoisotopic (exact) mass is 306 g/mol. The van der Waals surface area contributed by atoms with Crippen molar-refractivity contribution in [2.75, 3.05) is 29.9 Å². The average Bonchev–Trinajstić information content (AvgIpc) is 3.28. The third-order valence-electron chi connectivity index (χ3n) is 3.97. The van der Waals surface area contributed by atoms with Crippen molar-refractivity contribution in [1.82, 2.24) is 9.97 Å². The molecule has 4 nitrogen and oxygen atoms in total. The van der Waals surface area contributed by atoms with Gasteiger partial charge in [-0.2, -0.15) is 11.8 Å². The van der Waals surface area contributed by atoms with Crippen molar-refractivity contribution in [3.63, 3.8) is 0 Å². The Morgan fingerprint density at radius 3 is 2.57 bits per heavy atom. The summed E-state index contributed by atoms with van der Waals surface area (Å²) in [5, 5.41) is 4.77. The lowest BCUT2D eigenvalue weighted by molar-refractivity contribution is 0.712. The summed E-state index contributed by atoms with van der Waals surface area (Å²) in [4.78, 5) is 12.0. The molecule has 0 bridgehead atoms. The smallest absolute Gasteiger partial charge is 0.136 e. The minimum absolute atomic E-state index is 0.598. The molecule has 0 radical (unpaired) electrons. The lowest BCUT2D eigenvalue weighted by atomic mass is 10.3. The van der Waals surface area contributed by atoms with Crippen LogP contribution in [0, 0.1) is 0 Å². The molecule has 2 atom stereocenters. The van der Waals surface area contributed by atoms with Crippen LogP contribution >= 0.6 is 11.8 Å². The molecule has 2 heterocycles. The zero-order valence-electron chi connectivity index (χ0n) is 13.3. The van der Waals surface area contributed by atoms with Crippen LogP contribution in [-0.2, 0) is 0 Å². The quantitative estimate of drug-likeness (QED) is 0.901. The Morgan fingerprint density at radius 1 is 1.24 bits per heavy atom. The van der Waals surface area contributed by atoms with E-state index in [1.54, 1.807) is 0 Å². The van der Waals surface area contributed by atoms with Gasteiger partial charge in [0, 0.05) is 42.1 Å². The molecule has 1 N–H and O–H groups in total. The highest BCUT2D eigenvalue weighted by Gasteiger charge is 2.29. The van der Waals surface area contributed by atoms with Crippen molar-refractivity contribution >= 4 is 23.4 Å². The number of anilines is 2. The van der Waals surface area contributed by atoms with Gasteiger partial charge in [-0.3, -0.25) is 0 Å². The van der Waals surface area contributed by atoms with Gasteiger partial charge >= 0.3 is 0 Å². The number of nitrogens with zero attached hydrogens (tertiary/aromatic N) is 3. The molecule has 1 saturated heterocycles. The maximum absolute atomic E-state index is 4.86. The first-order chi connectivity index (χ1) is 10.2. The second kappa shape index (κ2) is 6.42. The van der Waals surface area contributed by atoms with Crippen molar-refractivity contribution in [2.45, 2.75) is 56.5 Å². The molecule has 3 rings (SSSR count). The number of hydrogen-bond acceptors (Lipinski definition) is 5. The fourth-order valence-electron chi connectivity index (χ4n) is 2.85. The first-order valence-electron chi connectivity index (χ1n) is 8.19. The van der Waals surface area contributed by atoms with Crippen LogP contribution in [-0.4, -0.2) is 40.1 Å². The van der Waals surface area contributed by atoms with Gasteiger partial charge < -0.3 is 10.2 Å². The Hall–Kier alpha value is -0.970. The van der Waals surface area contributed by atoms with E-state index in [9.17, 15) is 0 Å². The van der Waals surface area contributed by atoms with Crippen LogP contribution in [0.4, 0.5) is 11.6 Å².